The number of thioether (sulfide) groups is 1. The van der Waals surface area contributed by atoms with E-state index < -0.39 is 15.4 Å². The number of para-hydroxylation sites is 1. The third kappa shape index (κ3) is 4.63. The number of sulfonamides is 1. The van der Waals surface area contributed by atoms with Crippen LogP contribution in [0.5, 0.6) is 0 Å². The molecule has 3 N–H and O–H groups in total. The van der Waals surface area contributed by atoms with Crippen LogP contribution in [0.15, 0.2) is 76.5 Å². The molecule has 3 aromatic rings. The number of nitrogens with one attached hydrogen (secondary N) is 1. The van der Waals surface area contributed by atoms with Gasteiger partial charge in [0.2, 0.25) is 10.0 Å². The van der Waals surface area contributed by atoms with E-state index in [0.29, 0.717) is 16.3 Å². The van der Waals surface area contributed by atoms with Gasteiger partial charge >= 0.3 is 0 Å². The normalized spacial score (nSPS) is 25.4. The quantitative estimate of drug-likeness (QED) is 0.231. The van der Waals surface area contributed by atoms with Crippen molar-refractivity contribution in [2.75, 3.05) is 5.32 Å². The summed E-state index contributed by atoms with van der Waals surface area (Å²) in [5.74, 6) is -0.169. The fourth-order valence-corrected chi connectivity index (χ4v) is 7.76. The van der Waals surface area contributed by atoms with E-state index in [1.54, 1.807) is 30.3 Å². The van der Waals surface area contributed by atoms with Crippen molar-refractivity contribution in [3.05, 3.63) is 93.0 Å². The van der Waals surface area contributed by atoms with Crippen LogP contribution in [-0.2, 0) is 10.0 Å². The number of nitrogens with two attached hydrogens (primary N) is 1. The maximum Gasteiger partial charge on any atom is 0.282 e. The first-order valence-electron chi connectivity index (χ1n) is 10.9. The van der Waals surface area contributed by atoms with Gasteiger partial charge in [-0.1, -0.05) is 35.9 Å². The van der Waals surface area contributed by atoms with E-state index in [1.807, 2.05) is 24.3 Å². The number of benzene rings is 3. The van der Waals surface area contributed by atoms with Crippen molar-refractivity contribution in [3.8, 4) is 0 Å². The molecule has 0 amide bonds. The van der Waals surface area contributed by atoms with Crippen molar-refractivity contribution in [2.45, 2.75) is 38.8 Å². The lowest BCUT2D eigenvalue weighted by atomic mass is 9.77. The minimum absolute atomic E-state index is 0.0159. The van der Waals surface area contributed by atoms with Crippen molar-refractivity contribution >= 4 is 56.4 Å². The first-order chi connectivity index (χ1) is 16.6. The summed E-state index contributed by atoms with van der Waals surface area (Å²) in [5, 5.41) is 20.6. The van der Waals surface area contributed by atoms with Crippen molar-refractivity contribution in [1.82, 2.24) is 0 Å². The lowest BCUT2D eigenvalue weighted by molar-refractivity contribution is -0.387. The Morgan fingerprint density at radius 2 is 1.80 bits per heavy atom. The number of nitro groups is 1. The van der Waals surface area contributed by atoms with E-state index in [4.69, 9.17) is 28.3 Å². The summed E-state index contributed by atoms with van der Waals surface area (Å²) in [6.07, 6.45) is 0.675. The van der Waals surface area contributed by atoms with Gasteiger partial charge < -0.3 is 5.32 Å². The number of anilines is 1. The number of rotatable bonds is 5. The average Bonchev–Trinajstić information content (AvgIpc) is 3.14. The third-order valence-corrected chi connectivity index (χ3v) is 9.96. The summed E-state index contributed by atoms with van der Waals surface area (Å²) < 4.78 is 24.1. The van der Waals surface area contributed by atoms with Crippen LogP contribution >= 0.6 is 35.0 Å². The molecule has 1 saturated carbocycles. The Kier molecular flexibility index (Phi) is 6.48. The number of halogens is 2. The molecule has 0 radical (unpaired) electrons. The van der Waals surface area contributed by atoms with Crippen molar-refractivity contribution in [1.29, 1.82) is 0 Å². The molecule has 7 nitrogen and oxygen atoms in total. The Morgan fingerprint density at radius 1 is 1.09 bits per heavy atom. The van der Waals surface area contributed by atoms with Crippen molar-refractivity contribution in [2.24, 2.45) is 11.1 Å². The Hall–Kier alpha value is -2.30. The monoisotopic (exact) mass is 549 g/mol. The van der Waals surface area contributed by atoms with Crippen LogP contribution in [-0.4, -0.2) is 24.0 Å². The van der Waals surface area contributed by atoms with Gasteiger partial charge in [0.25, 0.3) is 5.69 Å². The number of nitro benzene ring substituents is 1. The fraction of sp³-hybridized carbons (Fsp3) is 0.250. The molecule has 35 heavy (non-hydrogen) atoms. The molecule has 1 heterocycles. The minimum Gasteiger partial charge on any atom is -0.378 e. The number of fused-ring (bicyclic) bond motifs is 3. The van der Waals surface area contributed by atoms with E-state index in [2.05, 4.69) is 5.32 Å². The summed E-state index contributed by atoms with van der Waals surface area (Å²) >= 11 is 14.6. The molecule has 0 bridgehead atoms. The lowest BCUT2D eigenvalue weighted by Gasteiger charge is -2.38. The van der Waals surface area contributed by atoms with Gasteiger partial charge in [0.1, 0.15) is 0 Å². The summed E-state index contributed by atoms with van der Waals surface area (Å²) in [6, 6.07) is 18.9. The van der Waals surface area contributed by atoms with E-state index in [1.165, 1.54) is 23.9 Å². The Labute approximate surface area is 217 Å². The lowest BCUT2D eigenvalue weighted by Crippen LogP contribution is -2.31. The molecule has 0 saturated heterocycles. The molecule has 1 aliphatic carbocycles. The fourth-order valence-electron chi connectivity index (χ4n) is 5.14. The molecule has 5 atom stereocenters. The first kappa shape index (κ1) is 24.4. The predicted octanol–water partition coefficient (Wildman–Crippen LogP) is 5.93. The van der Waals surface area contributed by atoms with E-state index >= 15 is 0 Å². The Morgan fingerprint density at radius 3 is 2.49 bits per heavy atom. The van der Waals surface area contributed by atoms with Gasteiger partial charge in [-0.05, 0) is 59.9 Å². The van der Waals surface area contributed by atoms with Gasteiger partial charge in [0.15, 0.2) is 0 Å². The highest BCUT2D eigenvalue weighted by atomic mass is 35.5. The Balaban J connectivity index is 1.57. The predicted molar refractivity (Wildman–Crippen MR) is 139 cm³/mol. The SMILES string of the molecule is NS(=O)(=O)c1ccc2c(c1)[C@@H]1[C@H](Cl)[C@H](Sc3ccccc3[N+](=O)[O-])C[C@@H]1[C@@H](c1ccc(Cl)cc1)N2. The van der Waals surface area contributed by atoms with E-state index in [0.717, 1.165) is 16.8 Å². The van der Waals surface area contributed by atoms with Gasteiger partial charge in [-0.3, -0.25) is 10.1 Å². The molecule has 11 heteroatoms. The summed E-state index contributed by atoms with van der Waals surface area (Å²) in [5.41, 5.74) is 2.66. The van der Waals surface area contributed by atoms with E-state index in [-0.39, 0.29) is 38.6 Å². The molecular weight excluding hydrogens is 529 g/mol. The van der Waals surface area contributed by atoms with Gasteiger partial charge in [0.05, 0.1) is 26.1 Å². The highest BCUT2D eigenvalue weighted by molar-refractivity contribution is 8.00. The molecule has 0 spiro atoms. The molecule has 2 aliphatic rings. The van der Waals surface area contributed by atoms with Crippen LogP contribution in [0.4, 0.5) is 11.4 Å². The molecule has 0 unspecified atom stereocenters. The zero-order valence-electron chi connectivity index (χ0n) is 18.2. The topological polar surface area (TPSA) is 115 Å². The van der Waals surface area contributed by atoms with Crippen LogP contribution in [0.1, 0.15) is 29.5 Å². The standard InChI is InChI=1S/C24H21Cl2N3O4S2/c25-14-7-5-13(6-8-14)24-17-12-21(34-20-4-2-1-3-19(20)29(30)31)23(26)22(17)16-11-15(35(27,32)33)9-10-18(16)28-24/h1-11,17,21-24,28H,12H2,(H2,27,32,33)/t17-,21+,22-,23+,24+/m0/s1. The minimum atomic E-state index is -3.90. The molecule has 5 rings (SSSR count). The van der Waals surface area contributed by atoms with Crippen LogP contribution in [0.3, 0.4) is 0 Å². The van der Waals surface area contributed by atoms with Crippen LogP contribution in [0.2, 0.25) is 5.02 Å². The number of hydrogen-bond acceptors (Lipinski definition) is 6. The summed E-state index contributed by atoms with van der Waals surface area (Å²) in [7, 11) is -3.90. The highest BCUT2D eigenvalue weighted by Gasteiger charge is 2.50. The number of primary sulfonamides is 1. The smallest absolute Gasteiger partial charge is 0.282 e. The molecule has 182 valence electrons. The largest absolute Gasteiger partial charge is 0.378 e. The van der Waals surface area contributed by atoms with Crippen LogP contribution < -0.4 is 10.5 Å². The van der Waals surface area contributed by atoms with Crippen LogP contribution in [0.25, 0.3) is 0 Å². The first-order valence-corrected chi connectivity index (χ1v) is 14.1. The van der Waals surface area contributed by atoms with Crippen LogP contribution in [0, 0.1) is 16.0 Å². The van der Waals surface area contributed by atoms with Gasteiger partial charge in [-0.25, -0.2) is 13.6 Å². The van der Waals surface area contributed by atoms with Gasteiger partial charge in [-0.15, -0.1) is 23.4 Å². The maximum absolute atomic E-state index is 12.1. The van der Waals surface area contributed by atoms with Gasteiger partial charge in [-0.2, -0.15) is 0 Å². The number of alkyl halides is 1. The zero-order chi connectivity index (χ0) is 24.9. The Bertz CT molecular complexity index is 1400. The third-order valence-electron chi connectivity index (χ3n) is 6.68. The van der Waals surface area contributed by atoms with Gasteiger partial charge in [0, 0.05) is 27.9 Å². The molecular formula is C24H21Cl2N3O4S2. The highest BCUT2D eigenvalue weighted by Crippen LogP contribution is 2.58. The summed E-state index contributed by atoms with van der Waals surface area (Å²) in [6.45, 7) is 0. The molecule has 0 aromatic heterocycles. The molecule has 1 aliphatic heterocycles. The average molecular weight is 550 g/mol. The number of nitrogens with zero attached hydrogens (tertiary/aromatic N) is 1. The second-order valence-corrected chi connectivity index (χ2v) is 12.5. The van der Waals surface area contributed by atoms with Crippen molar-refractivity contribution < 1.29 is 13.3 Å². The molecule has 1 fully saturated rings. The zero-order valence-corrected chi connectivity index (χ0v) is 21.3. The second-order valence-electron chi connectivity index (χ2n) is 8.72. The van der Waals surface area contributed by atoms with Crippen molar-refractivity contribution in [3.63, 3.8) is 0 Å². The summed E-state index contributed by atoms with van der Waals surface area (Å²) in [4.78, 5) is 11.8. The second kappa shape index (κ2) is 9.29. The van der Waals surface area contributed by atoms with E-state index in [9.17, 15) is 18.5 Å². The molecule has 3 aromatic carbocycles. The maximum atomic E-state index is 12.1. The number of hydrogen-bond donors (Lipinski definition) is 2.